The minimum Gasteiger partial charge on any atom is -0.368 e. The van der Waals surface area contributed by atoms with Gasteiger partial charge in [-0.15, -0.1) is 5.10 Å². The van der Waals surface area contributed by atoms with Gasteiger partial charge in [0, 0.05) is 5.75 Å². The molecule has 1 rings (SSSR count). The van der Waals surface area contributed by atoms with Gasteiger partial charge < -0.3 is 5.73 Å². The fraction of sp³-hybridized carbons (Fsp3) is 0.333. The molecule has 1 aromatic rings. The summed E-state index contributed by atoms with van der Waals surface area (Å²) in [5.41, 5.74) is 6.42. The predicted molar refractivity (Wildman–Crippen MR) is 46.3 cm³/mol. The van der Waals surface area contributed by atoms with E-state index < -0.39 is 0 Å². The molecular formula is C6H10N4S. The molecule has 60 valence electrons. The van der Waals surface area contributed by atoms with Crippen molar-refractivity contribution in [1.82, 2.24) is 15.2 Å². The molecule has 0 aliphatic rings. The van der Waals surface area contributed by atoms with E-state index >= 15 is 0 Å². The minimum atomic E-state index is 0.356. The van der Waals surface area contributed by atoms with Gasteiger partial charge in [-0.25, -0.2) is 5.10 Å². The third-order valence-electron chi connectivity index (χ3n) is 0.930. The summed E-state index contributed by atoms with van der Waals surface area (Å²) >= 11 is 1.52. The molecule has 3 N–H and O–H groups in total. The number of anilines is 1. The largest absolute Gasteiger partial charge is 0.368 e. The summed E-state index contributed by atoms with van der Waals surface area (Å²) in [6, 6.07) is 0. The van der Waals surface area contributed by atoms with Crippen LogP contribution in [0.2, 0.25) is 0 Å². The monoisotopic (exact) mass is 170 g/mol. The van der Waals surface area contributed by atoms with E-state index in [4.69, 9.17) is 5.73 Å². The van der Waals surface area contributed by atoms with Crippen LogP contribution in [0.4, 0.5) is 5.95 Å². The normalized spacial score (nSPS) is 9.91. The van der Waals surface area contributed by atoms with Crippen molar-refractivity contribution in [3.63, 3.8) is 0 Å². The fourth-order valence-corrected chi connectivity index (χ4v) is 1.16. The van der Waals surface area contributed by atoms with Crippen LogP contribution in [0.1, 0.15) is 6.92 Å². The quantitative estimate of drug-likeness (QED) is 0.525. The number of nitrogen functional groups attached to an aromatic ring is 1. The third kappa shape index (κ3) is 2.63. The average Bonchev–Trinajstić information content (AvgIpc) is 2.31. The number of H-pyrrole nitrogens is 1. The van der Waals surface area contributed by atoms with E-state index in [0.717, 1.165) is 11.3 Å². The van der Waals surface area contributed by atoms with E-state index in [9.17, 15) is 0 Å². The summed E-state index contributed by atoms with van der Waals surface area (Å²) in [6.45, 7) is 5.72. The lowest BCUT2D eigenvalue weighted by Crippen LogP contribution is -1.85. The first kappa shape index (κ1) is 8.13. The van der Waals surface area contributed by atoms with Gasteiger partial charge in [-0.05, 0) is 6.92 Å². The van der Waals surface area contributed by atoms with Crippen molar-refractivity contribution in [1.29, 1.82) is 0 Å². The Morgan fingerprint density at radius 3 is 3.00 bits per heavy atom. The predicted octanol–water partition coefficient (Wildman–Crippen LogP) is 1.06. The number of nitrogens with zero attached hydrogens (tertiary/aromatic N) is 2. The van der Waals surface area contributed by atoms with Crippen LogP contribution in [0.3, 0.4) is 0 Å². The number of aromatic nitrogens is 3. The molecule has 11 heavy (non-hydrogen) atoms. The van der Waals surface area contributed by atoms with Crippen LogP contribution < -0.4 is 5.73 Å². The van der Waals surface area contributed by atoms with Crippen LogP contribution in [-0.2, 0) is 0 Å². The van der Waals surface area contributed by atoms with E-state index in [1.165, 1.54) is 11.8 Å². The Morgan fingerprint density at radius 1 is 1.82 bits per heavy atom. The maximum absolute atomic E-state index is 5.32. The Labute approximate surface area is 69.3 Å². The molecule has 0 bridgehead atoms. The molecule has 0 spiro atoms. The molecular weight excluding hydrogens is 160 g/mol. The maximum atomic E-state index is 5.32. The number of rotatable bonds is 3. The summed E-state index contributed by atoms with van der Waals surface area (Å²) in [5.74, 6) is 1.19. The van der Waals surface area contributed by atoms with Gasteiger partial charge in [0.15, 0.2) is 0 Å². The maximum Gasteiger partial charge on any atom is 0.216 e. The second-order valence-electron chi connectivity index (χ2n) is 2.25. The van der Waals surface area contributed by atoms with E-state index in [0.29, 0.717) is 11.1 Å². The molecule has 0 aromatic carbocycles. The van der Waals surface area contributed by atoms with Crippen LogP contribution in [0.5, 0.6) is 0 Å². The number of hydrogen-bond acceptors (Lipinski definition) is 4. The van der Waals surface area contributed by atoms with Gasteiger partial charge in [-0.3, -0.25) is 0 Å². The molecule has 0 atom stereocenters. The van der Waals surface area contributed by atoms with Crippen molar-refractivity contribution in [2.75, 3.05) is 11.5 Å². The lowest BCUT2D eigenvalue weighted by atomic mass is 10.4. The van der Waals surface area contributed by atoms with Crippen molar-refractivity contribution in [2.45, 2.75) is 12.1 Å². The highest BCUT2D eigenvalue weighted by Gasteiger charge is 1.99. The standard InChI is InChI=1S/C6H10N4S/c1-4(2)3-11-6-8-5(7)9-10-6/h1,3H2,2H3,(H3,7,8,9,10). The minimum absolute atomic E-state index is 0.356. The first-order chi connectivity index (χ1) is 5.18. The molecule has 0 saturated heterocycles. The van der Waals surface area contributed by atoms with Crippen molar-refractivity contribution in [2.24, 2.45) is 0 Å². The lowest BCUT2D eigenvalue weighted by molar-refractivity contribution is 0.975. The van der Waals surface area contributed by atoms with Gasteiger partial charge >= 0.3 is 0 Å². The Hall–Kier alpha value is -0.970. The fourth-order valence-electron chi connectivity index (χ4n) is 0.510. The molecule has 1 heterocycles. The van der Waals surface area contributed by atoms with Crippen LogP contribution in [0, 0.1) is 0 Å². The molecule has 0 amide bonds. The topological polar surface area (TPSA) is 67.6 Å². The SMILES string of the molecule is C=C(C)CSc1n[nH]c(N)n1. The van der Waals surface area contributed by atoms with Crippen molar-refractivity contribution in [3.05, 3.63) is 12.2 Å². The zero-order chi connectivity index (χ0) is 8.27. The molecule has 0 fully saturated rings. The molecule has 4 nitrogen and oxygen atoms in total. The second-order valence-corrected chi connectivity index (χ2v) is 3.19. The van der Waals surface area contributed by atoms with Crippen LogP contribution in [-0.4, -0.2) is 20.9 Å². The van der Waals surface area contributed by atoms with Crippen molar-refractivity contribution in [3.8, 4) is 0 Å². The summed E-state index contributed by atoms with van der Waals surface area (Å²) < 4.78 is 0. The highest BCUT2D eigenvalue weighted by Crippen LogP contribution is 2.14. The van der Waals surface area contributed by atoms with Crippen molar-refractivity contribution >= 4 is 17.7 Å². The van der Waals surface area contributed by atoms with Gasteiger partial charge in [-0.1, -0.05) is 23.9 Å². The van der Waals surface area contributed by atoms with Gasteiger partial charge in [0.25, 0.3) is 0 Å². The summed E-state index contributed by atoms with van der Waals surface area (Å²) in [5, 5.41) is 7.08. The first-order valence-corrected chi connectivity index (χ1v) is 4.12. The van der Waals surface area contributed by atoms with E-state index in [1.807, 2.05) is 6.92 Å². The number of hydrogen-bond donors (Lipinski definition) is 2. The average molecular weight is 170 g/mol. The number of nitrogens with two attached hydrogens (primary N) is 1. The highest BCUT2D eigenvalue weighted by atomic mass is 32.2. The molecule has 1 aromatic heterocycles. The lowest BCUT2D eigenvalue weighted by Gasteiger charge is -1.92. The van der Waals surface area contributed by atoms with Crippen LogP contribution in [0.25, 0.3) is 0 Å². The summed E-state index contributed by atoms with van der Waals surface area (Å²) in [6.07, 6.45) is 0. The molecule has 0 aliphatic heterocycles. The van der Waals surface area contributed by atoms with Gasteiger partial charge in [0.2, 0.25) is 11.1 Å². The third-order valence-corrected chi connectivity index (χ3v) is 2.01. The number of nitrogens with one attached hydrogen (secondary N) is 1. The molecule has 0 unspecified atom stereocenters. The summed E-state index contributed by atoms with van der Waals surface area (Å²) in [4.78, 5) is 3.92. The number of thioether (sulfide) groups is 1. The first-order valence-electron chi connectivity index (χ1n) is 3.13. The highest BCUT2D eigenvalue weighted by molar-refractivity contribution is 7.99. The van der Waals surface area contributed by atoms with E-state index in [-0.39, 0.29) is 0 Å². The Kier molecular flexibility index (Phi) is 2.53. The van der Waals surface area contributed by atoms with E-state index in [2.05, 4.69) is 21.8 Å². The molecule has 0 saturated carbocycles. The Morgan fingerprint density at radius 2 is 2.55 bits per heavy atom. The Balaban J connectivity index is 2.45. The smallest absolute Gasteiger partial charge is 0.216 e. The Bertz CT molecular complexity index is 255. The zero-order valence-corrected chi connectivity index (χ0v) is 7.11. The van der Waals surface area contributed by atoms with Crippen molar-refractivity contribution < 1.29 is 0 Å². The van der Waals surface area contributed by atoms with Crippen LogP contribution >= 0.6 is 11.8 Å². The van der Waals surface area contributed by atoms with Gasteiger partial charge in [0.05, 0.1) is 0 Å². The molecule has 0 radical (unpaired) electrons. The second kappa shape index (κ2) is 3.43. The van der Waals surface area contributed by atoms with Crippen LogP contribution in [0.15, 0.2) is 17.3 Å². The molecule has 0 aliphatic carbocycles. The molecule has 5 heteroatoms. The van der Waals surface area contributed by atoms with E-state index in [1.54, 1.807) is 0 Å². The number of aromatic amines is 1. The summed E-state index contributed by atoms with van der Waals surface area (Å²) in [7, 11) is 0. The van der Waals surface area contributed by atoms with Gasteiger partial charge in [0.1, 0.15) is 0 Å². The van der Waals surface area contributed by atoms with Gasteiger partial charge in [-0.2, -0.15) is 4.98 Å². The zero-order valence-electron chi connectivity index (χ0n) is 6.29.